The Kier molecular flexibility index (Phi) is 3.83. The fourth-order valence-electron chi connectivity index (χ4n) is 1.57. The van der Waals surface area contributed by atoms with Crippen molar-refractivity contribution < 1.29 is 9.84 Å². The van der Waals surface area contributed by atoms with E-state index in [1.807, 2.05) is 0 Å². The van der Waals surface area contributed by atoms with Crippen LogP contribution in [0.15, 0.2) is 0 Å². The first-order valence-corrected chi connectivity index (χ1v) is 4.22. The topological polar surface area (TPSA) is 32.7 Å². The first-order valence-electron chi connectivity index (χ1n) is 4.22. The molecule has 1 unspecified atom stereocenters. The minimum atomic E-state index is 0.216. The van der Waals surface area contributed by atoms with Gasteiger partial charge in [0.15, 0.2) is 0 Å². The van der Waals surface area contributed by atoms with Crippen molar-refractivity contribution in [3.05, 3.63) is 0 Å². The zero-order valence-electron chi connectivity index (χ0n) is 7.12. The van der Waals surface area contributed by atoms with E-state index >= 15 is 0 Å². The molecule has 0 aromatic carbocycles. The standard InChI is InChI=1S/C8H17NO2/c1-11-7-8(6-10)9-4-2-3-5-9/h8,10H,2-7H2,1H3. The number of rotatable bonds is 4. The van der Waals surface area contributed by atoms with E-state index in [-0.39, 0.29) is 12.6 Å². The number of nitrogens with zero attached hydrogens (tertiary/aromatic N) is 1. The first-order chi connectivity index (χ1) is 5.38. The van der Waals surface area contributed by atoms with Gasteiger partial charge in [0.05, 0.1) is 19.3 Å². The van der Waals surface area contributed by atoms with E-state index in [4.69, 9.17) is 9.84 Å². The second-order valence-corrected chi connectivity index (χ2v) is 3.03. The van der Waals surface area contributed by atoms with Gasteiger partial charge in [0.1, 0.15) is 0 Å². The van der Waals surface area contributed by atoms with Gasteiger partial charge in [-0.1, -0.05) is 0 Å². The summed E-state index contributed by atoms with van der Waals surface area (Å²) in [5.41, 5.74) is 0. The first kappa shape index (κ1) is 8.97. The number of ether oxygens (including phenoxy) is 1. The van der Waals surface area contributed by atoms with Gasteiger partial charge in [0.25, 0.3) is 0 Å². The normalized spacial score (nSPS) is 22.4. The van der Waals surface area contributed by atoms with E-state index in [0.717, 1.165) is 13.1 Å². The van der Waals surface area contributed by atoms with Crippen LogP contribution >= 0.6 is 0 Å². The molecule has 1 aliphatic heterocycles. The third kappa shape index (κ3) is 2.43. The molecular weight excluding hydrogens is 142 g/mol. The van der Waals surface area contributed by atoms with Gasteiger partial charge in [-0.3, -0.25) is 4.90 Å². The summed E-state index contributed by atoms with van der Waals surface area (Å²) >= 11 is 0. The van der Waals surface area contributed by atoms with E-state index < -0.39 is 0 Å². The molecule has 1 N–H and O–H groups in total. The molecule has 3 nitrogen and oxygen atoms in total. The van der Waals surface area contributed by atoms with Crippen molar-refractivity contribution in [3.8, 4) is 0 Å². The van der Waals surface area contributed by atoms with E-state index in [0.29, 0.717) is 6.61 Å². The highest BCUT2D eigenvalue weighted by molar-refractivity contribution is 4.75. The summed E-state index contributed by atoms with van der Waals surface area (Å²) in [7, 11) is 1.68. The number of aliphatic hydroxyl groups excluding tert-OH is 1. The highest BCUT2D eigenvalue weighted by Gasteiger charge is 2.20. The van der Waals surface area contributed by atoms with E-state index in [9.17, 15) is 0 Å². The van der Waals surface area contributed by atoms with Crippen molar-refractivity contribution in [1.29, 1.82) is 0 Å². The molecule has 0 aromatic rings. The Bertz CT molecular complexity index is 102. The number of likely N-dealkylation sites (tertiary alicyclic amines) is 1. The number of hydrogen-bond acceptors (Lipinski definition) is 3. The van der Waals surface area contributed by atoms with Crippen molar-refractivity contribution in [2.24, 2.45) is 0 Å². The molecule has 11 heavy (non-hydrogen) atoms. The molecule has 1 rings (SSSR count). The Labute approximate surface area is 68.0 Å². The van der Waals surface area contributed by atoms with Gasteiger partial charge in [-0.15, -0.1) is 0 Å². The van der Waals surface area contributed by atoms with Crippen LogP contribution in [0.25, 0.3) is 0 Å². The van der Waals surface area contributed by atoms with E-state index in [1.165, 1.54) is 12.8 Å². The van der Waals surface area contributed by atoms with Gasteiger partial charge in [-0.2, -0.15) is 0 Å². The Morgan fingerprint density at radius 2 is 2.09 bits per heavy atom. The van der Waals surface area contributed by atoms with Gasteiger partial charge in [-0.25, -0.2) is 0 Å². The molecule has 0 aliphatic carbocycles. The number of hydrogen-bond donors (Lipinski definition) is 1. The fraction of sp³-hybridized carbons (Fsp3) is 1.00. The maximum atomic E-state index is 9.00. The third-order valence-corrected chi connectivity index (χ3v) is 2.23. The summed E-state index contributed by atoms with van der Waals surface area (Å²) in [5.74, 6) is 0. The molecule has 1 aliphatic rings. The lowest BCUT2D eigenvalue weighted by Gasteiger charge is -2.24. The summed E-state index contributed by atoms with van der Waals surface area (Å²) in [6.45, 7) is 3.10. The fourth-order valence-corrected chi connectivity index (χ4v) is 1.57. The van der Waals surface area contributed by atoms with Crippen LogP contribution in [0.3, 0.4) is 0 Å². The van der Waals surface area contributed by atoms with Crippen LogP contribution in [0, 0.1) is 0 Å². The van der Waals surface area contributed by atoms with Crippen molar-refractivity contribution in [1.82, 2.24) is 4.90 Å². The molecule has 1 atom stereocenters. The molecule has 0 bridgehead atoms. The summed E-state index contributed by atoms with van der Waals surface area (Å²) in [5, 5.41) is 9.00. The third-order valence-electron chi connectivity index (χ3n) is 2.23. The second-order valence-electron chi connectivity index (χ2n) is 3.03. The van der Waals surface area contributed by atoms with Crippen molar-refractivity contribution in [2.45, 2.75) is 18.9 Å². The molecule has 1 heterocycles. The highest BCUT2D eigenvalue weighted by atomic mass is 16.5. The summed E-state index contributed by atoms with van der Waals surface area (Å²) < 4.78 is 5.01. The van der Waals surface area contributed by atoms with Crippen molar-refractivity contribution >= 4 is 0 Å². The predicted octanol–water partition coefficient (Wildman–Crippen LogP) is 0.0895. The summed E-state index contributed by atoms with van der Waals surface area (Å²) in [4.78, 5) is 2.30. The molecule has 3 heteroatoms. The zero-order chi connectivity index (χ0) is 8.10. The molecular formula is C8H17NO2. The molecule has 1 fully saturated rings. The molecule has 0 amide bonds. The molecule has 0 aromatic heterocycles. The summed E-state index contributed by atoms with van der Waals surface area (Å²) in [6, 6.07) is 0.225. The number of aliphatic hydroxyl groups is 1. The SMILES string of the molecule is COCC(CO)N1CCCC1. The Morgan fingerprint density at radius 1 is 1.45 bits per heavy atom. The predicted molar refractivity (Wildman–Crippen MR) is 43.6 cm³/mol. The lowest BCUT2D eigenvalue weighted by atomic mass is 10.3. The van der Waals surface area contributed by atoms with Gasteiger partial charge in [0.2, 0.25) is 0 Å². The Balaban J connectivity index is 2.27. The molecule has 0 spiro atoms. The van der Waals surface area contributed by atoms with Crippen LogP contribution < -0.4 is 0 Å². The van der Waals surface area contributed by atoms with E-state index in [1.54, 1.807) is 7.11 Å². The Hall–Kier alpha value is -0.120. The van der Waals surface area contributed by atoms with Crippen molar-refractivity contribution in [3.63, 3.8) is 0 Å². The van der Waals surface area contributed by atoms with Gasteiger partial charge >= 0.3 is 0 Å². The maximum Gasteiger partial charge on any atom is 0.0640 e. The van der Waals surface area contributed by atoms with Crippen molar-refractivity contribution in [2.75, 3.05) is 33.4 Å². The smallest absolute Gasteiger partial charge is 0.0640 e. The van der Waals surface area contributed by atoms with Gasteiger partial charge in [-0.05, 0) is 25.9 Å². The van der Waals surface area contributed by atoms with Crippen LogP contribution in [-0.4, -0.2) is 49.5 Å². The van der Waals surface area contributed by atoms with Crippen LogP contribution in [-0.2, 0) is 4.74 Å². The summed E-state index contributed by atoms with van der Waals surface area (Å²) in [6.07, 6.45) is 2.53. The maximum absolute atomic E-state index is 9.00. The minimum Gasteiger partial charge on any atom is -0.395 e. The quantitative estimate of drug-likeness (QED) is 0.631. The molecule has 0 saturated carbocycles. The highest BCUT2D eigenvalue weighted by Crippen LogP contribution is 2.11. The Morgan fingerprint density at radius 3 is 2.55 bits per heavy atom. The average molecular weight is 159 g/mol. The van der Waals surface area contributed by atoms with Crippen LogP contribution in [0.1, 0.15) is 12.8 Å². The molecule has 1 saturated heterocycles. The minimum absolute atomic E-state index is 0.216. The van der Waals surface area contributed by atoms with Gasteiger partial charge in [0, 0.05) is 7.11 Å². The molecule has 66 valence electrons. The average Bonchev–Trinajstić information content (AvgIpc) is 2.52. The lowest BCUT2D eigenvalue weighted by Crippen LogP contribution is -2.38. The van der Waals surface area contributed by atoms with Crippen LogP contribution in [0.2, 0.25) is 0 Å². The molecule has 0 radical (unpaired) electrons. The second kappa shape index (κ2) is 4.70. The number of methoxy groups -OCH3 is 1. The van der Waals surface area contributed by atoms with E-state index in [2.05, 4.69) is 4.90 Å². The van der Waals surface area contributed by atoms with Gasteiger partial charge < -0.3 is 9.84 Å². The zero-order valence-corrected chi connectivity index (χ0v) is 7.12. The van der Waals surface area contributed by atoms with Crippen LogP contribution in [0.5, 0.6) is 0 Å². The largest absolute Gasteiger partial charge is 0.395 e. The monoisotopic (exact) mass is 159 g/mol. The van der Waals surface area contributed by atoms with Crippen LogP contribution in [0.4, 0.5) is 0 Å². The lowest BCUT2D eigenvalue weighted by molar-refractivity contribution is 0.0657.